The summed E-state index contributed by atoms with van der Waals surface area (Å²) in [5.41, 5.74) is 0. The Kier molecular flexibility index (Phi) is 5.79. The number of hydrogen-bond acceptors (Lipinski definition) is 4. The third-order valence-electron chi connectivity index (χ3n) is 4.04. The second-order valence-electron chi connectivity index (χ2n) is 5.58. The van der Waals surface area contributed by atoms with E-state index < -0.39 is 5.97 Å². The van der Waals surface area contributed by atoms with Gasteiger partial charge in [-0.2, -0.15) is 0 Å². The number of nitrogens with zero attached hydrogens (tertiary/aromatic N) is 2. The average Bonchev–Trinajstić information content (AvgIpc) is 2.46. The van der Waals surface area contributed by atoms with E-state index in [1.54, 1.807) is 0 Å². The van der Waals surface area contributed by atoms with Crippen LogP contribution < -0.4 is 0 Å². The number of aliphatic carboxylic acids is 1. The molecule has 2 heterocycles. The van der Waals surface area contributed by atoms with Gasteiger partial charge in [-0.1, -0.05) is 0 Å². The van der Waals surface area contributed by atoms with Crippen LogP contribution >= 0.6 is 0 Å². The first-order valence-electron chi connectivity index (χ1n) is 7.48. The van der Waals surface area contributed by atoms with Gasteiger partial charge in [0.05, 0.1) is 12.6 Å². The van der Waals surface area contributed by atoms with E-state index in [1.165, 1.54) is 6.42 Å². The molecule has 0 radical (unpaired) electrons. The van der Waals surface area contributed by atoms with Crippen LogP contribution in [0.15, 0.2) is 0 Å². The summed E-state index contributed by atoms with van der Waals surface area (Å²) in [6.45, 7) is 3.47. The molecule has 2 aliphatic heterocycles. The summed E-state index contributed by atoms with van der Waals surface area (Å²) < 4.78 is 5.63. The zero-order chi connectivity index (χ0) is 14.4. The number of carboxylic acid groups (broad SMARTS) is 1. The lowest BCUT2D eigenvalue weighted by Gasteiger charge is -2.34. The molecule has 20 heavy (non-hydrogen) atoms. The predicted octanol–water partition coefficient (Wildman–Crippen LogP) is 0.564. The maximum absolute atomic E-state index is 12.1. The summed E-state index contributed by atoms with van der Waals surface area (Å²) in [5, 5.41) is 8.73. The van der Waals surface area contributed by atoms with Gasteiger partial charge in [0, 0.05) is 39.2 Å². The number of hydrogen-bond donors (Lipinski definition) is 1. The molecule has 0 aliphatic carbocycles. The van der Waals surface area contributed by atoms with Gasteiger partial charge in [-0.25, -0.2) is 0 Å². The van der Waals surface area contributed by atoms with Gasteiger partial charge in [-0.05, 0) is 25.7 Å². The summed E-state index contributed by atoms with van der Waals surface area (Å²) in [6.07, 6.45) is 5.01. The van der Waals surface area contributed by atoms with E-state index in [0.29, 0.717) is 32.6 Å². The van der Waals surface area contributed by atoms with E-state index in [-0.39, 0.29) is 18.6 Å². The zero-order valence-corrected chi connectivity index (χ0v) is 11.9. The molecule has 2 saturated heterocycles. The van der Waals surface area contributed by atoms with Crippen LogP contribution in [0.4, 0.5) is 0 Å². The van der Waals surface area contributed by atoms with Crippen molar-refractivity contribution in [1.29, 1.82) is 0 Å². The molecule has 1 unspecified atom stereocenters. The first-order chi connectivity index (χ1) is 9.65. The van der Waals surface area contributed by atoms with Crippen LogP contribution in [0.1, 0.15) is 32.1 Å². The summed E-state index contributed by atoms with van der Waals surface area (Å²) in [5.74, 6) is -0.631. The van der Waals surface area contributed by atoms with Gasteiger partial charge < -0.3 is 14.7 Å². The topological polar surface area (TPSA) is 70.1 Å². The second kappa shape index (κ2) is 7.59. The molecule has 1 N–H and O–H groups in total. The summed E-state index contributed by atoms with van der Waals surface area (Å²) in [4.78, 5) is 26.4. The van der Waals surface area contributed by atoms with Gasteiger partial charge in [0.1, 0.15) is 0 Å². The smallest absolute Gasteiger partial charge is 0.317 e. The molecule has 1 atom stereocenters. The quantitative estimate of drug-likeness (QED) is 0.799. The minimum absolute atomic E-state index is 0.0674. The molecule has 6 nitrogen and oxygen atoms in total. The Morgan fingerprint density at radius 1 is 1.15 bits per heavy atom. The number of piperazine rings is 1. The average molecular weight is 284 g/mol. The van der Waals surface area contributed by atoms with Crippen LogP contribution in [-0.4, -0.2) is 72.2 Å². The number of ether oxygens (including phenoxy) is 1. The highest BCUT2D eigenvalue weighted by atomic mass is 16.5. The lowest BCUT2D eigenvalue weighted by Crippen LogP contribution is -2.50. The monoisotopic (exact) mass is 284 g/mol. The lowest BCUT2D eigenvalue weighted by molar-refractivity contribution is -0.139. The van der Waals surface area contributed by atoms with Gasteiger partial charge in [0.25, 0.3) is 0 Å². The van der Waals surface area contributed by atoms with Crippen LogP contribution in [0.2, 0.25) is 0 Å². The number of carbonyl (C=O) groups excluding carboxylic acids is 1. The fourth-order valence-corrected chi connectivity index (χ4v) is 2.82. The molecular weight excluding hydrogens is 260 g/mol. The standard InChI is InChI=1S/C14H24N2O4/c17-13(5-4-12-3-1-2-10-20-12)16-8-6-15(7-9-16)11-14(18)19/h12H,1-11H2,(H,18,19). The van der Waals surface area contributed by atoms with Crippen molar-refractivity contribution < 1.29 is 19.4 Å². The van der Waals surface area contributed by atoms with Crippen molar-refractivity contribution in [3.05, 3.63) is 0 Å². The molecule has 0 bridgehead atoms. The van der Waals surface area contributed by atoms with Gasteiger partial charge in [0.15, 0.2) is 0 Å². The first-order valence-corrected chi connectivity index (χ1v) is 7.48. The lowest BCUT2D eigenvalue weighted by atomic mass is 10.0. The minimum Gasteiger partial charge on any atom is -0.480 e. The van der Waals surface area contributed by atoms with Crippen molar-refractivity contribution in [3.63, 3.8) is 0 Å². The maximum Gasteiger partial charge on any atom is 0.317 e. The molecule has 0 aromatic heterocycles. The highest BCUT2D eigenvalue weighted by molar-refractivity contribution is 5.76. The van der Waals surface area contributed by atoms with Crippen molar-refractivity contribution in [2.75, 3.05) is 39.3 Å². The van der Waals surface area contributed by atoms with Crippen LogP contribution in [0.3, 0.4) is 0 Å². The second-order valence-corrected chi connectivity index (χ2v) is 5.58. The number of rotatable bonds is 5. The van der Waals surface area contributed by atoms with Crippen molar-refractivity contribution >= 4 is 11.9 Å². The molecule has 0 saturated carbocycles. The molecule has 0 aromatic rings. The molecule has 6 heteroatoms. The zero-order valence-electron chi connectivity index (χ0n) is 11.9. The molecule has 2 fully saturated rings. The van der Waals surface area contributed by atoms with E-state index >= 15 is 0 Å². The summed E-state index contributed by atoms with van der Waals surface area (Å²) in [6, 6.07) is 0. The van der Waals surface area contributed by atoms with Crippen molar-refractivity contribution in [2.45, 2.75) is 38.2 Å². The number of carboxylic acids is 1. The number of carbonyl (C=O) groups is 2. The Labute approximate surface area is 119 Å². The Morgan fingerprint density at radius 3 is 2.50 bits per heavy atom. The van der Waals surface area contributed by atoms with Gasteiger partial charge in [-0.3, -0.25) is 14.5 Å². The molecule has 0 spiro atoms. The Balaban J connectivity index is 1.65. The van der Waals surface area contributed by atoms with Crippen LogP contribution in [0.5, 0.6) is 0 Å². The summed E-state index contributed by atoms with van der Waals surface area (Å²) in [7, 11) is 0. The molecular formula is C14H24N2O4. The van der Waals surface area contributed by atoms with Crippen LogP contribution in [0, 0.1) is 0 Å². The Hall–Kier alpha value is -1.14. The number of amides is 1. The van der Waals surface area contributed by atoms with Crippen LogP contribution in [0.25, 0.3) is 0 Å². The Bertz CT molecular complexity index is 334. The summed E-state index contributed by atoms with van der Waals surface area (Å²) >= 11 is 0. The van der Waals surface area contributed by atoms with E-state index in [0.717, 1.165) is 25.9 Å². The fourth-order valence-electron chi connectivity index (χ4n) is 2.82. The largest absolute Gasteiger partial charge is 0.480 e. The van der Waals surface area contributed by atoms with Gasteiger partial charge in [0.2, 0.25) is 5.91 Å². The van der Waals surface area contributed by atoms with Gasteiger partial charge >= 0.3 is 5.97 Å². The van der Waals surface area contributed by atoms with Crippen molar-refractivity contribution in [2.24, 2.45) is 0 Å². The molecule has 2 rings (SSSR count). The third-order valence-corrected chi connectivity index (χ3v) is 4.04. The SMILES string of the molecule is O=C(O)CN1CCN(C(=O)CCC2CCCCO2)CC1. The predicted molar refractivity (Wildman–Crippen MR) is 73.5 cm³/mol. The van der Waals surface area contributed by atoms with Crippen molar-refractivity contribution in [1.82, 2.24) is 9.80 Å². The molecule has 114 valence electrons. The van der Waals surface area contributed by atoms with E-state index in [2.05, 4.69) is 0 Å². The Morgan fingerprint density at radius 2 is 1.90 bits per heavy atom. The highest BCUT2D eigenvalue weighted by Gasteiger charge is 2.23. The molecule has 2 aliphatic rings. The first kappa shape index (κ1) is 15.3. The highest BCUT2D eigenvalue weighted by Crippen LogP contribution is 2.17. The minimum atomic E-state index is -0.806. The van der Waals surface area contributed by atoms with E-state index in [9.17, 15) is 9.59 Å². The van der Waals surface area contributed by atoms with Gasteiger partial charge in [-0.15, -0.1) is 0 Å². The van der Waals surface area contributed by atoms with E-state index in [1.807, 2.05) is 9.80 Å². The molecule has 0 aromatic carbocycles. The van der Waals surface area contributed by atoms with E-state index in [4.69, 9.17) is 9.84 Å². The normalized spacial score (nSPS) is 24.6. The molecule has 1 amide bonds. The fraction of sp³-hybridized carbons (Fsp3) is 0.857. The maximum atomic E-state index is 12.1. The van der Waals surface area contributed by atoms with Crippen molar-refractivity contribution in [3.8, 4) is 0 Å². The van der Waals surface area contributed by atoms with Crippen LogP contribution in [-0.2, 0) is 14.3 Å². The third kappa shape index (κ3) is 4.76.